The number of anilines is 2. The van der Waals surface area contributed by atoms with Crippen LogP contribution in [-0.4, -0.2) is 17.9 Å². The van der Waals surface area contributed by atoms with Crippen LogP contribution in [-0.2, 0) is 17.6 Å². The standard InChI is InChI=1S/C22H21N3O2/c1-13(22(27)25-17-10-7-16(8-11-17)21(23)26)24-19-12-9-15-6-5-14-3-2-4-18(19)20(14)15/h2-4,7-13,24H,5-6H2,1H3,(H2,23,26)(H,25,27). The average Bonchev–Trinajstić information content (AvgIpc) is 3.09. The summed E-state index contributed by atoms with van der Waals surface area (Å²) >= 11 is 0. The summed E-state index contributed by atoms with van der Waals surface area (Å²) in [7, 11) is 0. The monoisotopic (exact) mass is 359 g/mol. The molecule has 0 saturated carbocycles. The predicted octanol–water partition coefficient (Wildman–Crippen LogP) is 3.48. The number of nitrogens with two attached hydrogens (primary N) is 1. The van der Waals surface area contributed by atoms with Gasteiger partial charge in [0.05, 0.1) is 0 Å². The lowest BCUT2D eigenvalue weighted by Gasteiger charge is -2.17. The fourth-order valence-electron chi connectivity index (χ4n) is 3.64. The number of primary amides is 1. The van der Waals surface area contributed by atoms with E-state index in [9.17, 15) is 9.59 Å². The van der Waals surface area contributed by atoms with Gasteiger partial charge in [0.2, 0.25) is 11.8 Å². The maximum Gasteiger partial charge on any atom is 0.248 e. The Morgan fingerprint density at radius 2 is 1.67 bits per heavy atom. The molecule has 1 aliphatic rings. The summed E-state index contributed by atoms with van der Waals surface area (Å²) in [6, 6.07) is 16.7. The molecule has 1 aliphatic carbocycles. The Hall–Kier alpha value is -3.34. The minimum Gasteiger partial charge on any atom is -0.373 e. The number of aryl methyl sites for hydroxylation is 2. The lowest BCUT2D eigenvalue weighted by molar-refractivity contribution is -0.116. The van der Waals surface area contributed by atoms with Gasteiger partial charge in [-0.05, 0) is 66.6 Å². The first kappa shape index (κ1) is 17.1. The van der Waals surface area contributed by atoms with Crippen molar-refractivity contribution in [3.8, 4) is 0 Å². The highest BCUT2D eigenvalue weighted by molar-refractivity contribution is 6.02. The highest BCUT2D eigenvalue weighted by atomic mass is 16.2. The van der Waals surface area contributed by atoms with E-state index in [4.69, 9.17) is 5.73 Å². The number of carbonyl (C=O) groups is 2. The molecule has 0 heterocycles. The molecule has 0 aliphatic heterocycles. The normalized spacial score (nSPS) is 13.4. The number of hydrogen-bond acceptors (Lipinski definition) is 3. The number of benzene rings is 3. The van der Waals surface area contributed by atoms with E-state index in [0.717, 1.165) is 23.9 Å². The van der Waals surface area contributed by atoms with Gasteiger partial charge in [0.25, 0.3) is 0 Å². The van der Waals surface area contributed by atoms with Crippen LogP contribution < -0.4 is 16.4 Å². The number of hydrogen-bond donors (Lipinski definition) is 3. The molecule has 0 fully saturated rings. The van der Waals surface area contributed by atoms with Crippen LogP contribution in [0, 0.1) is 0 Å². The zero-order valence-corrected chi connectivity index (χ0v) is 15.1. The number of amides is 2. The fourth-order valence-corrected chi connectivity index (χ4v) is 3.64. The van der Waals surface area contributed by atoms with Crippen LogP contribution in [0.15, 0.2) is 54.6 Å². The first-order chi connectivity index (χ1) is 13.0. The third-order valence-corrected chi connectivity index (χ3v) is 5.08. The van der Waals surface area contributed by atoms with Crippen LogP contribution in [0.3, 0.4) is 0 Å². The van der Waals surface area contributed by atoms with Gasteiger partial charge in [0, 0.05) is 22.3 Å². The number of nitrogens with one attached hydrogen (secondary N) is 2. The van der Waals surface area contributed by atoms with Gasteiger partial charge in [0.15, 0.2) is 0 Å². The third-order valence-electron chi connectivity index (χ3n) is 5.08. The van der Waals surface area contributed by atoms with Gasteiger partial charge in [-0.1, -0.05) is 24.3 Å². The van der Waals surface area contributed by atoms with Gasteiger partial charge in [-0.15, -0.1) is 0 Å². The van der Waals surface area contributed by atoms with Crippen molar-refractivity contribution in [2.75, 3.05) is 10.6 Å². The maximum absolute atomic E-state index is 12.6. The van der Waals surface area contributed by atoms with Crippen LogP contribution in [0.5, 0.6) is 0 Å². The summed E-state index contributed by atoms with van der Waals surface area (Å²) in [5.74, 6) is -0.639. The van der Waals surface area contributed by atoms with Gasteiger partial charge in [-0.25, -0.2) is 0 Å². The van der Waals surface area contributed by atoms with E-state index in [-0.39, 0.29) is 5.91 Å². The molecule has 3 aromatic carbocycles. The molecule has 5 heteroatoms. The number of rotatable bonds is 5. The lowest BCUT2D eigenvalue weighted by atomic mass is 10.0. The van der Waals surface area contributed by atoms with Crippen molar-refractivity contribution in [3.63, 3.8) is 0 Å². The first-order valence-electron chi connectivity index (χ1n) is 9.03. The summed E-state index contributed by atoms with van der Waals surface area (Å²) in [5.41, 5.74) is 9.98. The van der Waals surface area contributed by atoms with Crippen molar-refractivity contribution in [2.24, 2.45) is 5.73 Å². The Morgan fingerprint density at radius 3 is 2.37 bits per heavy atom. The Kier molecular flexibility index (Phi) is 4.28. The van der Waals surface area contributed by atoms with E-state index in [1.54, 1.807) is 24.3 Å². The zero-order valence-electron chi connectivity index (χ0n) is 15.1. The van der Waals surface area contributed by atoms with Crippen LogP contribution >= 0.6 is 0 Å². The van der Waals surface area contributed by atoms with Crippen molar-refractivity contribution >= 4 is 34.0 Å². The highest BCUT2D eigenvalue weighted by Crippen LogP contribution is 2.35. The highest BCUT2D eigenvalue weighted by Gasteiger charge is 2.18. The summed E-state index contributed by atoms with van der Waals surface area (Å²) < 4.78 is 0. The average molecular weight is 359 g/mol. The molecule has 4 N–H and O–H groups in total. The SMILES string of the molecule is CC(Nc1ccc2c3c(cccc13)CC2)C(=O)Nc1ccc(C(N)=O)cc1. The minimum atomic E-state index is -0.491. The molecule has 2 amide bonds. The summed E-state index contributed by atoms with van der Waals surface area (Å²) in [6.07, 6.45) is 2.15. The zero-order chi connectivity index (χ0) is 19.0. The van der Waals surface area contributed by atoms with Gasteiger partial charge >= 0.3 is 0 Å². The molecule has 4 rings (SSSR count). The molecular formula is C22H21N3O2. The van der Waals surface area contributed by atoms with Crippen molar-refractivity contribution in [1.29, 1.82) is 0 Å². The fraction of sp³-hybridized carbons (Fsp3) is 0.182. The minimum absolute atomic E-state index is 0.148. The van der Waals surface area contributed by atoms with Crippen LogP contribution in [0.25, 0.3) is 10.8 Å². The molecule has 5 nitrogen and oxygen atoms in total. The topological polar surface area (TPSA) is 84.2 Å². The first-order valence-corrected chi connectivity index (χ1v) is 9.03. The molecule has 3 aromatic rings. The number of carbonyl (C=O) groups excluding carboxylic acids is 2. The van der Waals surface area contributed by atoms with Crippen LogP contribution in [0.1, 0.15) is 28.4 Å². The molecule has 0 saturated heterocycles. The van der Waals surface area contributed by atoms with Gasteiger partial charge in [0.1, 0.15) is 6.04 Å². The molecule has 1 atom stereocenters. The quantitative estimate of drug-likeness (QED) is 0.652. The largest absolute Gasteiger partial charge is 0.373 e. The lowest BCUT2D eigenvalue weighted by Crippen LogP contribution is -2.32. The second-order valence-electron chi connectivity index (χ2n) is 6.91. The second kappa shape index (κ2) is 6.76. The Bertz CT molecular complexity index is 1030. The second-order valence-corrected chi connectivity index (χ2v) is 6.91. The molecule has 0 radical (unpaired) electrons. The molecule has 0 bridgehead atoms. The van der Waals surface area contributed by atoms with E-state index in [1.165, 1.54) is 16.5 Å². The van der Waals surface area contributed by atoms with E-state index in [0.29, 0.717) is 11.3 Å². The summed E-state index contributed by atoms with van der Waals surface area (Å²) in [6.45, 7) is 1.83. The molecular weight excluding hydrogens is 338 g/mol. The van der Waals surface area contributed by atoms with Gasteiger partial charge < -0.3 is 16.4 Å². The van der Waals surface area contributed by atoms with E-state index < -0.39 is 11.9 Å². The molecule has 27 heavy (non-hydrogen) atoms. The van der Waals surface area contributed by atoms with E-state index >= 15 is 0 Å². The third kappa shape index (κ3) is 3.24. The molecule has 136 valence electrons. The van der Waals surface area contributed by atoms with Crippen molar-refractivity contribution < 1.29 is 9.59 Å². The molecule has 0 aromatic heterocycles. The van der Waals surface area contributed by atoms with Crippen molar-refractivity contribution in [2.45, 2.75) is 25.8 Å². The molecule has 0 spiro atoms. The van der Waals surface area contributed by atoms with E-state index in [1.807, 2.05) is 6.92 Å². The van der Waals surface area contributed by atoms with Crippen molar-refractivity contribution in [1.82, 2.24) is 0 Å². The summed E-state index contributed by atoms with van der Waals surface area (Å²) in [5, 5.41) is 8.67. The molecule has 1 unspecified atom stereocenters. The summed E-state index contributed by atoms with van der Waals surface area (Å²) in [4.78, 5) is 23.7. The Balaban J connectivity index is 1.51. The van der Waals surface area contributed by atoms with Crippen LogP contribution in [0.2, 0.25) is 0 Å². The van der Waals surface area contributed by atoms with Gasteiger partial charge in [-0.2, -0.15) is 0 Å². The maximum atomic E-state index is 12.6. The Labute approximate surface area is 157 Å². The smallest absolute Gasteiger partial charge is 0.248 e. The van der Waals surface area contributed by atoms with Crippen molar-refractivity contribution in [3.05, 3.63) is 71.3 Å². The predicted molar refractivity (Wildman–Crippen MR) is 108 cm³/mol. The van der Waals surface area contributed by atoms with Gasteiger partial charge in [-0.3, -0.25) is 9.59 Å². The van der Waals surface area contributed by atoms with E-state index in [2.05, 4.69) is 41.0 Å². The Morgan fingerprint density at radius 1 is 0.963 bits per heavy atom. The van der Waals surface area contributed by atoms with Crippen LogP contribution in [0.4, 0.5) is 11.4 Å².